The summed E-state index contributed by atoms with van der Waals surface area (Å²) in [5.41, 5.74) is 0.283. The van der Waals surface area contributed by atoms with Gasteiger partial charge in [-0.2, -0.15) is 0 Å². The highest BCUT2D eigenvalue weighted by Crippen LogP contribution is 2.19. The highest BCUT2D eigenvalue weighted by molar-refractivity contribution is 4.61. The molecule has 0 saturated carbocycles. The van der Waals surface area contributed by atoms with Crippen molar-refractivity contribution in [2.24, 2.45) is 5.41 Å². The molecule has 11 heavy (non-hydrogen) atoms. The number of aliphatic hydroxyl groups is 1. The average Bonchev–Trinajstić information content (AvgIpc) is 1.55. The first-order valence-electron chi connectivity index (χ1n) is 4.07. The lowest BCUT2D eigenvalue weighted by Gasteiger charge is -2.22. The van der Waals surface area contributed by atoms with Gasteiger partial charge >= 0.3 is 0 Å². The van der Waals surface area contributed by atoms with E-state index in [0.717, 1.165) is 6.42 Å². The fourth-order valence-electron chi connectivity index (χ4n) is 0.607. The van der Waals surface area contributed by atoms with E-state index < -0.39 is 5.79 Å². The van der Waals surface area contributed by atoms with Gasteiger partial charge in [-0.15, -0.1) is 0 Å². The third kappa shape index (κ3) is 9.92. The van der Waals surface area contributed by atoms with Crippen molar-refractivity contribution in [3.63, 3.8) is 0 Å². The van der Waals surface area contributed by atoms with Crippen molar-refractivity contribution in [1.82, 2.24) is 0 Å². The van der Waals surface area contributed by atoms with Crippen LogP contribution in [-0.4, -0.2) is 17.5 Å². The standard InChI is InChI=1S/C9H20O2/c1-8(2,3)6-7-11-9(4,5)10/h10H,6-7H2,1-5H3. The predicted octanol–water partition coefficient (Wildman–Crippen LogP) is 2.17. The Hall–Kier alpha value is -0.0800. The second-order valence-corrected chi connectivity index (χ2v) is 4.61. The zero-order chi connectivity index (χ0) is 9.12. The van der Waals surface area contributed by atoms with Gasteiger partial charge in [0, 0.05) is 0 Å². The number of ether oxygens (including phenoxy) is 1. The fraction of sp³-hybridized carbons (Fsp3) is 1.00. The molecule has 0 heterocycles. The molecule has 0 rings (SSSR count). The molecule has 0 unspecified atom stereocenters. The number of hydrogen-bond donors (Lipinski definition) is 1. The van der Waals surface area contributed by atoms with Gasteiger partial charge in [-0.05, 0) is 25.7 Å². The molecule has 0 spiro atoms. The first-order chi connectivity index (χ1) is 4.71. The van der Waals surface area contributed by atoms with Crippen LogP contribution in [0.1, 0.15) is 41.0 Å². The summed E-state index contributed by atoms with van der Waals surface area (Å²) in [6.07, 6.45) is 0.969. The van der Waals surface area contributed by atoms with Crippen molar-refractivity contribution in [3.05, 3.63) is 0 Å². The summed E-state index contributed by atoms with van der Waals surface area (Å²) in [7, 11) is 0. The van der Waals surface area contributed by atoms with Crippen molar-refractivity contribution in [1.29, 1.82) is 0 Å². The molecule has 2 nitrogen and oxygen atoms in total. The van der Waals surface area contributed by atoms with Crippen LogP contribution in [0.5, 0.6) is 0 Å². The van der Waals surface area contributed by atoms with E-state index in [9.17, 15) is 5.11 Å². The Labute approximate surface area is 69.6 Å². The molecule has 0 aromatic heterocycles. The normalized spacial score (nSPS) is 13.6. The highest BCUT2D eigenvalue weighted by Gasteiger charge is 2.15. The topological polar surface area (TPSA) is 29.5 Å². The van der Waals surface area contributed by atoms with Crippen molar-refractivity contribution in [3.8, 4) is 0 Å². The lowest BCUT2D eigenvalue weighted by Crippen LogP contribution is -2.25. The third-order valence-electron chi connectivity index (χ3n) is 1.31. The second kappa shape index (κ2) is 3.55. The fourth-order valence-corrected chi connectivity index (χ4v) is 0.607. The van der Waals surface area contributed by atoms with E-state index in [1.54, 1.807) is 13.8 Å². The Bertz CT molecular complexity index is 91.7. The first-order valence-corrected chi connectivity index (χ1v) is 4.07. The van der Waals surface area contributed by atoms with Crippen LogP contribution in [0.4, 0.5) is 0 Å². The summed E-state index contributed by atoms with van der Waals surface area (Å²) in [6, 6.07) is 0. The van der Waals surface area contributed by atoms with Gasteiger partial charge in [-0.25, -0.2) is 0 Å². The molecule has 0 aliphatic rings. The van der Waals surface area contributed by atoms with Gasteiger partial charge in [0.1, 0.15) is 0 Å². The zero-order valence-corrected chi connectivity index (χ0v) is 8.27. The number of rotatable bonds is 3. The minimum atomic E-state index is -0.981. The lowest BCUT2D eigenvalue weighted by atomic mass is 9.93. The molecule has 1 N–H and O–H groups in total. The molecular weight excluding hydrogens is 140 g/mol. The Morgan fingerprint density at radius 3 is 1.82 bits per heavy atom. The molecule has 0 radical (unpaired) electrons. The van der Waals surface area contributed by atoms with Gasteiger partial charge in [0.15, 0.2) is 5.79 Å². The summed E-state index contributed by atoms with van der Waals surface area (Å²) in [6.45, 7) is 10.4. The smallest absolute Gasteiger partial charge is 0.159 e. The molecule has 0 aliphatic carbocycles. The molecule has 0 bridgehead atoms. The van der Waals surface area contributed by atoms with E-state index in [-0.39, 0.29) is 5.41 Å². The van der Waals surface area contributed by atoms with Crippen LogP contribution in [0.25, 0.3) is 0 Å². The Kier molecular flexibility index (Phi) is 3.52. The van der Waals surface area contributed by atoms with E-state index in [4.69, 9.17) is 4.74 Å². The van der Waals surface area contributed by atoms with Gasteiger partial charge in [-0.3, -0.25) is 0 Å². The average molecular weight is 160 g/mol. The monoisotopic (exact) mass is 160 g/mol. The lowest BCUT2D eigenvalue weighted by molar-refractivity contribution is -0.179. The van der Waals surface area contributed by atoms with Crippen LogP contribution in [0.2, 0.25) is 0 Å². The molecule has 0 aromatic carbocycles. The van der Waals surface area contributed by atoms with E-state index in [1.807, 2.05) is 0 Å². The number of hydrogen-bond acceptors (Lipinski definition) is 2. The molecule has 0 atom stereocenters. The first kappa shape index (κ1) is 10.9. The van der Waals surface area contributed by atoms with Crippen molar-refractivity contribution >= 4 is 0 Å². The van der Waals surface area contributed by atoms with Gasteiger partial charge in [0.25, 0.3) is 0 Å². The van der Waals surface area contributed by atoms with Crippen LogP contribution >= 0.6 is 0 Å². The second-order valence-electron chi connectivity index (χ2n) is 4.61. The molecule has 2 heteroatoms. The molecule has 68 valence electrons. The summed E-state index contributed by atoms with van der Waals surface area (Å²) in [5.74, 6) is -0.981. The van der Waals surface area contributed by atoms with Crippen molar-refractivity contribution in [2.45, 2.75) is 46.8 Å². The van der Waals surface area contributed by atoms with Gasteiger partial charge in [0.2, 0.25) is 0 Å². The summed E-state index contributed by atoms with van der Waals surface area (Å²) >= 11 is 0. The molecule has 0 fully saturated rings. The van der Waals surface area contributed by atoms with E-state index >= 15 is 0 Å². The van der Waals surface area contributed by atoms with E-state index in [2.05, 4.69) is 20.8 Å². The van der Waals surface area contributed by atoms with Crippen LogP contribution in [0, 0.1) is 5.41 Å². The molecule has 0 amide bonds. The predicted molar refractivity (Wildman–Crippen MR) is 46.3 cm³/mol. The quantitative estimate of drug-likeness (QED) is 0.641. The summed E-state index contributed by atoms with van der Waals surface area (Å²) in [5, 5.41) is 9.19. The maximum Gasteiger partial charge on any atom is 0.159 e. The molecular formula is C9H20O2. The third-order valence-corrected chi connectivity index (χ3v) is 1.31. The van der Waals surface area contributed by atoms with Gasteiger partial charge in [0.05, 0.1) is 6.61 Å². The minimum absolute atomic E-state index is 0.283. The Morgan fingerprint density at radius 2 is 1.55 bits per heavy atom. The molecule has 0 aromatic rings. The van der Waals surface area contributed by atoms with Crippen LogP contribution < -0.4 is 0 Å². The summed E-state index contributed by atoms with van der Waals surface area (Å²) < 4.78 is 5.16. The summed E-state index contributed by atoms with van der Waals surface area (Å²) in [4.78, 5) is 0. The largest absolute Gasteiger partial charge is 0.366 e. The van der Waals surface area contributed by atoms with E-state index in [0.29, 0.717) is 6.61 Å². The minimum Gasteiger partial charge on any atom is -0.366 e. The van der Waals surface area contributed by atoms with Crippen molar-refractivity contribution < 1.29 is 9.84 Å². The maximum absolute atomic E-state index is 9.19. The van der Waals surface area contributed by atoms with Gasteiger partial charge < -0.3 is 9.84 Å². The SMILES string of the molecule is CC(C)(C)CCOC(C)(C)O. The van der Waals surface area contributed by atoms with Crippen molar-refractivity contribution in [2.75, 3.05) is 6.61 Å². The van der Waals surface area contributed by atoms with Crippen LogP contribution in [0.15, 0.2) is 0 Å². The van der Waals surface area contributed by atoms with Gasteiger partial charge in [-0.1, -0.05) is 20.8 Å². The maximum atomic E-state index is 9.19. The molecule has 0 saturated heterocycles. The Balaban J connectivity index is 3.44. The molecule has 0 aliphatic heterocycles. The zero-order valence-electron chi connectivity index (χ0n) is 8.27. The van der Waals surface area contributed by atoms with E-state index in [1.165, 1.54) is 0 Å². The Morgan fingerprint density at radius 1 is 1.09 bits per heavy atom. The highest BCUT2D eigenvalue weighted by atomic mass is 16.6. The van der Waals surface area contributed by atoms with Crippen LogP contribution in [-0.2, 0) is 4.74 Å². The van der Waals surface area contributed by atoms with Crippen LogP contribution in [0.3, 0.4) is 0 Å².